The highest BCUT2D eigenvalue weighted by Gasteiger charge is 2.24. The SMILES string of the molecule is CC(C)CN1C(=O)CNc2ccc(Br)cc21. The van der Waals surface area contributed by atoms with Crippen molar-refractivity contribution in [1.29, 1.82) is 0 Å². The topological polar surface area (TPSA) is 32.3 Å². The van der Waals surface area contributed by atoms with E-state index in [-0.39, 0.29) is 5.91 Å². The molecule has 16 heavy (non-hydrogen) atoms. The number of carbonyl (C=O) groups is 1. The van der Waals surface area contributed by atoms with Crippen LogP contribution in [0.15, 0.2) is 22.7 Å². The van der Waals surface area contributed by atoms with Crippen molar-refractivity contribution in [3.8, 4) is 0 Å². The Morgan fingerprint density at radius 1 is 1.50 bits per heavy atom. The number of fused-ring (bicyclic) bond motifs is 1. The van der Waals surface area contributed by atoms with Crippen molar-refractivity contribution in [2.75, 3.05) is 23.3 Å². The van der Waals surface area contributed by atoms with E-state index in [9.17, 15) is 4.79 Å². The highest BCUT2D eigenvalue weighted by Crippen LogP contribution is 2.32. The monoisotopic (exact) mass is 282 g/mol. The maximum atomic E-state index is 11.9. The van der Waals surface area contributed by atoms with Gasteiger partial charge in [-0.05, 0) is 24.1 Å². The number of hydrogen-bond donors (Lipinski definition) is 1. The molecule has 0 spiro atoms. The Bertz CT molecular complexity index is 417. The molecule has 0 atom stereocenters. The number of benzene rings is 1. The number of halogens is 1. The summed E-state index contributed by atoms with van der Waals surface area (Å²) in [6, 6.07) is 5.97. The zero-order chi connectivity index (χ0) is 11.7. The third-order valence-corrected chi connectivity index (χ3v) is 3.02. The van der Waals surface area contributed by atoms with Gasteiger partial charge in [0, 0.05) is 11.0 Å². The summed E-state index contributed by atoms with van der Waals surface area (Å²) in [5.41, 5.74) is 2.00. The molecular weight excluding hydrogens is 268 g/mol. The summed E-state index contributed by atoms with van der Waals surface area (Å²) in [6.07, 6.45) is 0. The van der Waals surface area contributed by atoms with Gasteiger partial charge in [-0.25, -0.2) is 0 Å². The van der Waals surface area contributed by atoms with E-state index >= 15 is 0 Å². The van der Waals surface area contributed by atoms with Gasteiger partial charge in [0.1, 0.15) is 0 Å². The smallest absolute Gasteiger partial charge is 0.246 e. The number of anilines is 2. The summed E-state index contributed by atoms with van der Waals surface area (Å²) >= 11 is 3.44. The predicted octanol–water partition coefficient (Wildman–Crippen LogP) is 2.86. The molecular formula is C12H15BrN2O. The molecule has 0 aromatic heterocycles. The summed E-state index contributed by atoms with van der Waals surface area (Å²) in [5.74, 6) is 0.605. The standard InChI is InChI=1S/C12H15BrN2O/c1-8(2)7-15-11-5-9(13)3-4-10(11)14-6-12(15)16/h3-5,8,14H,6-7H2,1-2H3. The van der Waals surface area contributed by atoms with Gasteiger partial charge in [0.2, 0.25) is 5.91 Å². The van der Waals surface area contributed by atoms with Gasteiger partial charge in [0.05, 0.1) is 17.9 Å². The van der Waals surface area contributed by atoms with Crippen LogP contribution < -0.4 is 10.2 Å². The lowest BCUT2D eigenvalue weighted by molar-refractivity contribution is -0.117. The van der Waals surface area contributed by atoms with Crippen molar-refractivity contribution in [3.05, 3.63) is 22.7 Å². The fraction of sp³-hybridized carbons (Fsp3) is 0.417. The summed E-state index contributed by atoms with van der Waals surface area (Å²) in [7, 11) is 0. The van der Waals surface area contributed by atoms with E-state index in [1.54, 1.807) is 0 Å². The lowest BCUT2D eigenvalue weighted by Gasteiger charge is -2.31. The van der Waals surface area contributed by atoms with Crippen LogP contribution in [0.1, 0.15) is 13.8 Å². The minimum absolute atomic E-state index is 0.138. The Kier molecular flexibility index (Phi) is 3.19. The van der Waals surface area contributed by atoms with E-state index < -0.39 is 0 Å². The average Bonchev–Trinajstić information content (AvgIpc) is 2.22. The van der Waals surface area contributed by atoms with E-state index in [0.29, 0.717) is 12.5 Å². The number of amides is 1. The van der Waals surface area contributed by atoms with Gasteiger partial charge in [-0.3, -0.25) is 4.79 Å². The van der Waals surface area contributed by atoms with Crippen LogP contribution in [0.25, 0.3) is 0 Å². The molecule has 4 heteroatoms. The zero-order valence-corrected chi connectivity index (χ0v) is 11.0. The highest BCUT2D eigenvalue weighted by molar-refractivity contribution is 9.10. The summed E-state index contributed by atoms with van der Waals surface area (Å²) in [5, 5.41) is 3.13. The molecule has 1 aromatic carbocycles. The van der Waals surface area contributed by atoms with Crippen LogP contribution in [0.3, 0.4) is 0 Å². The minimum atomic E-state index is 0.138. The molecule has 0 fully saturated rings. The molecule has 0 saturated heterocycles. The van der Waals surface area contributed by atoms with Crippen LogP contribution in [-0.2, 0) is 4.79 Å². The molecule has 1 N–H and O–H groups in total. The largest absolute Gasteiger partial charge is 0.374 e. The minimum Gasteiger partial charge on any atom is -0.374 e. The maximum Gasteiger partial charge on any atom is 0.246 e. The fourth-order valence-corrected chi connectivity index (χ4v) is 2.19. The van der Waals surface area contributed by atoms with Gasteiger partial charge in [-0.15, -0.1) is 0 Å². The molecule has 1 amide bonds. The van der Waals surface area contributed by atoms with Gasteiger partial charge < -0.3 is 10.2 Å². The van der Waals surface area contributed by atoms with E-state index in [1.807, 2.05) is 23.1 Å². The Hall–Kier alpha value is -1.03. The normalized spacial score (nSPS) is 15.0. The average molecular weight is 283 g/mol. The van der Waals surface area contributed by atoms with Gasteiger partial charge in [0.15, 0.2) is 0 Å². The molecule has 3 nitrogen and oxygen atoms in total. The van der Waals surface area contributed by atoms with Crippen LogP contribution in [0.5, 0.6) is 0 Å². The van der Waals surface area contributed by atoms with Crippen molar-refractivity contribution in [2.24, 2.45) is 5.92 Å². The molecule has 0 saturated carbocycles. The molecule has 0 bridgehead atoms. The van der Waals surface area contributed by atoms with Crippen molar-refractivity contribution in [2.45, 2.75) is 13.8 Å². The molecule has 1 aliphatic heterocycles. The quantitative estimate of drug-likeness (QED) is 0.905. The second kappa shape index (κ2) is 4.45. The van der Waals surface area contributed by atoms with Gasteiger partial charge in [-0.2, -0.15) is 0 Å². The Labute approximate surface area is 104 Å². The summed E-state index contributed by atoms with van der Waals surface area (Å²) in [4.78, 5) is 13.7. The third kappa shape index (κ3) is 2.21. The first-order valence-corrected chi connectivity index (χ1v) is 6.21. The first-order chi connectivity index (χ1) is 7.58. The van der Waals surface area contributed by atoms with Crippen molar-refractivity contribution < 1.29 is 4.79 Å². The van der Waals surface area contributed by atoms with Gasteiger partial charge >= 0.3 is 0 Å². The van der Waals surface area contributed by atoms with Crippen LogP contribution in [0, 0.1) is 5.92 Å². The Balaban J connectivity index is 2.38. The molecule has 0 unspecified atom stereocenters. The Morgan fingerprint density at radius 3 is 2.94 bits per heavy atom. The lowest BCUT2D eigenvalue weighted by Crippen LogP contribution is -2.41. The van der Waals surface area contributed by atoms with E-state index in [0.717, 1.165) is 22.4 Å². The first kappa shape index (κ1) is 11.5. The molecule has 1 heterocycles. The molecule has 2 rings (SSSR count). The highest BCUT2D eigenvalue weighted by atomic mass is 79.9. The molecule has 86 valence electrons. The van der Waals surface area contributed by atoms with E-state index in [2.05, 4.69) is 35.1 Å². The summed E-state index contributed by atoms with van der Waals surface area (Å²) < 4.78 is 0.997. The van der Waals surface area contributed by atoms with Crippen molar-refractivity contribution in [3.63, 3.8) is 0 Å². The predicted molar refractivity (Wildman–Crippen MR) is 69.8 cm³/mol. The lowest BCUT2D eigenvalue weighted by atomic mass is 10.1. The van der Waals surface area contributed by atoms with Gasteiger partial charge in [0.25, 0.3) is 0 Å². The van der Waals surface area contributed by atoms with E-state index in [4.69, 9.17) is 0 Å². The molecule has 1 aliphatic rings. The third-order valence-electron chi connectivity index (χ3n) is 2.53. The van der Waals surface area contributed by atoms with Crippen LogP contribution in [-0.4, -0.2) is 19.0 Å². The number of rotatable bonds is 2. The maximum absolute atomic E-state index is 11.9. The van der Waals surface area contributed by atoms with Crippen molar-refractivity contribution >= 4 is 33.2 Å². The fourth-order valence-electron chi connectivity index (χ4n) is 1.84. The van der Waals surface area contributed by atoms with Crippen LogP contribution >= 0.6 is 15.9 Å². The number of nitrogens with zero attached hydrogens (tertiary/aromatic N) is 1. The summed E-state index contributed by atoms with van der Waals surface area (Å²) in [6.45, 7) is 5.39. The Morgan fingerprint density at radius 2 is 2.25 bits per heavy atom. The second-order valence-electron chi connectivity index (χ2n) is 4.41. The zero-order valence-electron chi connectivity index (χ0n) is 9.46. The molecule has 0 radical (unpaired) electrons. The number of nitrogens with one attached hydrogen (secondary N) is 1. The number of carbonyl (C=O) groups excluding carboxylic acids is 1. The molecule has 1 aromatic rings. The van der Waals surface area contributed by atoms with Crippen LogP contribution in [0.4, 0.5) is 11.4 Å². The number of hydrogen-bond acceptors (Lipinski definition) is 2. The van der Waals surface area contributed by atoms with E-state index in [1.165, 1.54) is 0 Å². The van der Waals surface area contributed by atoms with Gasteiger partial charge in [-0.1, -0.05) is 29.8 Å². The first-order valence-electron chi connectivity index (χ1n) is 5.41. The molecule has 0 aliphatic carbocycles. The second-order valence-corrected chi connectivity index (χ2v) is 5.33. The van der Waals surface area contributed by atoms with Crippen LogP contribution in [0.2, 0.25) is 0 Å². The van der Waals surface area contributed by atoms with Crippen molar-refractivity contribution in [1.82, 2.24) is 0 Å².